The molecule has 0 unspecified atom stereocenters. The van der Waals surface area contributed by atoms with Crippen LogP contribution in [-0.2, 0) is 14.6 Å². The van der Waals surface area contributed by atoms with Gasteiger partial charge in [0.2, 0.25) is 0 Å². The second-order valence-corrected chi connectivity index (χ2v) is 4.08. The van der Waals surface area contributed by atoms with Crippen LogP contribution < -0.4 is 5.32 Å². The normalized spacial score (nSPS) is 11.3. The molecule has 0 radical (unpaired) electrons. The lowest BCUT2D eigenvalue weighted by molar-refractivity contribution is 0.278. The number of benzene rings is 1. The van der Waals surface area contributed by atoms with Gasteiger partial charge in [0.25, 0.3) is 0 Å². The summed E-state index contributed by atoms with van der Waals surface area (Å²) in [5.74, 6) is 0. The van der Waals surface area contributed by atoms with Crippen LogP contribution in [0, 0.1) is 6.92 Å². The van der Waals surface area contributed by atoms with Crippen molar-refractivity contribution in [3.05, 3.63) is 29.8 Å². The maximum atomic E-state index is 10.2. The summed E-state index contributed by atoms with van der Waals surface area (Å²) in [5, 5.41) is 2.98. The summed E-state index contributed by atoms with van der Waals surface area (Å²) in [4.78, 5) is 0. The van der Waals surface area contributed by atoms with Gasteiger partial charge in [-0.3, -0.25) is 4.55 Å². The van der Waals surface area contributed by atoms with E-state index in [1.54, 1.807) is 0 Å². The average Bonchev–Trinajstić information content (AvgIpc) is 2.13. The van der Waals surface area contributed by atoms with Crippen LogP contribution in [0.25, 0.3) is 0 Å². The summed E-state index contributed by atoms with van der Waals surface area (Å²) in [6.07, 6.45) is 0. The molecule has 1 rings (SSSR count). The Balaban J connectivity index is 2.36. The maximum Gasteiger partial charge on any atom is 0.397 e. The fourth-order valence-corrected chi connectivity index (χ4v) is 1.40. The first-order valence-electron chi connectivity index (χ1n) is 4.40. The average molecular weight is 231 g/mol. The minimum absolute atomic E-state index is 0.104. The van der Waals surface area contributed by atoms with Crippen molar-refractivity contribution in [1.82, 2.24) is 0 Å². The summed E-state index contributed by atoms with van der Waals surface area (Å²) < 4.78 is 32.9. The predicted molar refractivity (Wildman–Crippen MR) is 57.2 cm³/mol. The molecule has 0 aliphatic heterocycles. The van der Waals surface area contributed by atoms with Crippen molar-refractivity contribution in [1.29, 1.82) is 0 Å². The van der Waals surface area contributed by atoms with E-state index in [9.17, 15) is 8.42 Å². The second kappa shape index (κ2) is 5.11. The zero-order valence-corrected chi connectivity index (χ0v) is 9.12. The van der Waals surface area contributed by atoms with Gasteiger partial charge < -0.3 is 5.32 Å². The molecule has 0 saturated heterocycles. The summed E-state index contributed by atoms with van der Waals surface area (Å²) in [6.45, 7) is 2.14. The van der Waals surface area contributed by atoms with Gasteiger partial charge in [0.1, 0.15) is 0 Å². The number of anilines is 1. The number of aryl methyl sites for hydroxylation is 1. The fourth-order valence-electron chi connectivity index (χ4n) is 1.10. The van der Waals surface area contributed by atoms with E-state index in [1.807, 2.05) is 31.2 Å². The lowest BCUT2D eigenvalue weighted by atomic mass is 10.2. The van der Waals surface area contributed by atoms with Crippen molar-refractivity contribution < 1.29 is 17.2 Å². The molecule has 0 spiro atoms. The lowest BCUT2D eigenvalue weighted by Gasteiger charge is -2.08. The molecule has 0 fully saturated rings. The Morgan fingerprint density at radius 1 is 1.40 bits per heavy atom. The van der Waals surface area contributed by atoms with Gasteiger partial charge in [-0.2, -0.15) is 8.42 Å². The molecule has 0 heterocycles. The molecule has 0 atom stereocenters. The summed E-state index contributed by atoms with van der Waals surface area (Å²) in [7, 11) is -4.33. The van der Waals surface area contributed by atoms with Crippen LogP contribution in [0.15, 0.2) is 24.3 Å². The summed E-state index contributed by atoms with van der Waals surface area (Å²) in [6, 6.07) is 7.60. The largest absolute Gasteiger partial charge is 0.397 e. The van der Waals surface area contributed by atoms with Gasteiger partial charge in [0.05, 0.1) is 6.61 Å². The van der Waals surface area contributed by atoms with E-state index in [0.717, 1.165) is 11.3 Å². The van der Waals surface area contributed by atoms with Gasteiger partial charge in [-0.05, 0) is 18.6 Å². The van der Waals surface area contributed by atoms with Crippen LogP contribution in [-0.4, -0.2) is 26.1 Å². The van der Waals surface area contributed by atoms with Gasteiger partial charge in [-0.25, -0.2) is 4.18 Å². The second-order valence-electron chi connectivity index (χ2n) is 2.99. The van der Waals surface area contributed by atoms with Gasteiger partial charge in [0.15, 0.2) is 0 Å². The van der Waals surface area contributed by atoms with Crippen LogP contribution in [0.1, 0.15) is 5.56 Å². The molecule has 0 aliphatic carbocycles. The van der Waals surface area contributed by atoms with Crippen LogP contribution in [0.5, 0.6) is 0 Å². The molecule has 0 saturated carbocycles. The Bertz CT molecular complexity index is 416. The Hall–Kier alpha value is -1.11. The van der Waals surface area contributed by atoms with E-state index in [-0.39, 0.29) is 6.61 Å². The molecule has 6 heteroatoms. The zero-order chi connectivity index (χ0) is 11.3. The topological polar surface area (TPSA) is 75.6 Å². The van der Waals surface area contributed by atoms with Gasteiger partial charge in [-0.15, -0.1) is 0 Å². The molecule has 1 aromatic rings. The third kappa shape index (κ3) is 4.78. The standard InChI is InChI=1S/C9H13NO4S/c1-8-4-2-3-5-9(8)10-6-7-14-15(11,12)13/h2-5,10H,6-7H2,1H3,(H,11,12,13). The fraction of sp³-hybridized carbons (Fsp3) is 0.333. The Labute approximate surface area is 89.0 Å². The van der Waals surface area contributed by atoms with Crippen molar-refractivity contribution in [2.45, 2.75) is 6.92 Å². The van der Waals surface area contributed by atoms with E-state index < -0.39 is 10.4 Å². The molecule has 84 valence electrons. The van der Waals surface area contributed by atoms with Crippen LogP contribution in [0.2, 0.25) is 0 Å². The number of hydrogen-bond acceptors (Lipinski definition) is 4. The highest BCUT2D eigenvalue weighted by atomic mass is 32.3. The molecule has 0 bridgehead atoms. The monoisotopic (exact) mass is 231 g/mol. The third-order valence-electron chi connectivity index (χ3n) is 1.79. The minimum Gasteiger partial charge on any atom is -0.382 e. The predicted octanol–water partition coefficient (Wildman–Crippen LogP) is 1.23. The van der Waals surface area contributed by atoms with Crippen LogP contribution in [0.3, 0.4) is 0 Å². The first kappa shape index (κ1) is 12.0. The zero-order valence-electron chi connectivity index (χ0n) is 8.30. The van der Waals surface area contributed by atoms with Crippen molar-refractivity contribution in [2.75, 3.05) is 18.5 Å². The van der Waals surface area contributed by atoms with E-state index >= 15 is 0 Å². The first-order valence-corrected chi connectivity index (χ1v) is 5.77. The third-order valence-corrected chi connectivity index (χ3v) is 2.26. The number of hydrogen-bond donors (Lipinski definition) is 2. The van der Waals surface area contributed by atoms with Crippen molar-refractivity contribution in [3.8, 4) is 0 Å². The molecule has 5 nitrogen and oxygen atoms in total. The molecule has 0 amide bonds. The van der Waals surface area contributed by atoms with E-state index in [0.29, 0.717) is 6.54 Å². The minimum atomic E-state index is -4.33. The van der Waals surface area contributed by atoms with E-state index in [1.165, 1.54) is 0 Å². The Morgan fingerprint density at radius 3 is 2.67 bits per heavy atom. The van der Waals surface area contributed by atoms with Gasteiger partial charge in [0, 0.05) is 12.2 Å². The van der Waals surface area contributed by atoms with Crippen molar-refractivity contribution in [3.63, 3.8) is 0 Å². The SMILES string of the molecule is Cc1ccccc1NCCOS(=O)(=O)O. The highest BCUT2D eigenvalue weighted by Gasteiger charge is 2.03. The van der Waals surface area contributed by atoms with E-state index in [2.05, 4.69) is 9.50 Å². The summed E-state index contributed by atoms with van der Waals surface area (Å²) in [5.41, 5.74) is 1.97. The smallest absolute Gasteiger partial charge is 0.382 e. The van der Waals surface area contributed by atoms with Crippen LogP contribution in [0.4, 0.5) is 5.69 Å². The Morgan fingerprint density at radius 2 is 2.07 bits per heavy atom. The van der Waals surface area contributed by atoms with Crippen LogP contribution >= 0.6 is 0 Å². The molecule has 0 aliphatic rings. The lowest BCUT2D eigenvalue weighted by Crippen LogP contribution is -2.13. The van der Waals surface area contributed by atoms with Crippen molar-refractivity contribution in [2.24, 2.45) is 0 Å². The molecular weight excluding hydrogens is 218 g/mol. The highest BCUT2D eigenvalue weighted by Crippen LogP contribution is 2.12. The molecule has 0 aromatic heterocycles. The molecule has 1 aromatic carbocycles. The summed E-state index contributed by atoms with van der Waals surface area (Å²) >= 11 is 0. The Kier molecular flexibility index (Phi) is 4.07. The van der Waals surface area contributed by atoms with Crippen molar-refractivity contribution >= 4 is 16.1 Å². The number of rotatable bonds is 5. The van der Waals surface area contributed by atoms with E-state index in [4.69, 9.17) is 4.55 Å². The van der Waals surface area contributed by atoms with Gasteiger partial charge >= 0.3 is 10.4 Å². The quantitative estimate of drug-likeness (QED) is 0.588. The first-order chi connectivity index (χ1) is 6.99. The highest BCUT2D eigenvalue weighted by molar-refractivity contribution is 7.80. The van der Waals surface area contributed by atoms with Gasteiger partial charge in [-0.1, -0.05) is 18.2 Å². The number of nitrogens with one attached hydrogen (secondary N) is 1. The molecule has 15 heavy (non-hydrogen) atoms. The maximum absolute atomic E-state index is 10.2. The molecular formula is C9H13NO4S. The molecule has 2 N–H and O–H groups in total. The number of para-hydroxylation sites is 1.